The second-order valence-corrected chi connectivity index (χ2v) is 3.55. The van der Waals surface area contributed by atoms with Crippen molar-refractivity contribution < 1.29 is 9.36 Å². The van der Waals surface area contributed by atoms with Gasteiger partial charge in [0.2, 0.25) is 5.91 Å². The number of amides is 1. The molecule has 0 bridgehead atoms. The van der Waals surface area contributed by atoms with Gasteiger partial charge in [0.15, 0.2) is 23.8 Å². The molecule has 1 heterocycles. The van der Waals surface area contributed by atoms with Crippen molar-refractivity contribution in [1.82, 2.24) is 0 Å². The van der Waals surface area contributed by atoms with Gasteiger partial charge in [-0.1, -0.05) is 22.0 Å². The highest BCUT2D eigenvalue weighted by atomic mass is 79.9. The number of hydrogen-bond acceptors (Lipinski definition) is 1. The molecule has 0 fully saturated rings. The third-order valence-electron chi connectivity index (χ3n) is 1.46. The van der Waals surface area contributed by atoms with Crippen LogP contribution in [0.1, 0.15) is 0 Å². The van der Waals surface area contributed by atoms with E-state index in [0.717, 1.165) is 0 Å². The predicted molar refractivity (Wildman–Crippen MR) is 48.5 cm³/mol. The van der Waals surface area contributed by atoms with Gasteiger partial charge in [0.05, 0.1) is 0 Å². The van der Waals surface area contributed by atoms with Crippen LogP contribution in [0, 0.1) is 0 Å². The number of rotatable bonds is 3. The lowest BCUT2D eigenvalue weighted by molar-refractivity contribution is -0.694. The summed E-state index contributed by atoms with van der Waals surface area (Å²) in [5.74, 6) is -0.341. The zero-order chi connectivity index (χ0) is 8.97. The minimum absolute atomic E-state index is 0.301. The SMILES string of the molecule is NC(=O)C(Br)C[n+]1ccccc1. The molecule has 3 nitrogen and oxygen atoms in total. The molecule has 2 N–H and O–H groups in total. The maximum Gasteiger partial charge on any atom is 0.237 e. The molecule has 0 radical (unpaired) electrons. The lowest BCUT2D eigenvalue weighted by Gasteiger charge is -1.99. The summed E-state index contributed by atoms with van der Waals surface area (Å²) in [7, 11) is 0. The first-order valence-electron chi connectivity index (χ1n) is 3.57. The summed E-state index contributed by atoms with van der Waals surface area (Å²) in [5, 5.41) is 0. The van der Waals surface area contributed by atoms with Gasteiger partial charge in [0.1, 0.15) is 0 Å². The molecule has 4 heteroatoms. The molecule has 0 aliphatic heterocycles. The molecule has 0 aliphatic rings. The van der Waals surface area contributed by atoms with E-state index in [1.165, 1.54) is 0 Å². The smallest absolute Gasteiger partial charge is 0.237 e. The number of nitrogens with two attached hydrogens (primary N) is 1. The van der Waals surface area contributed by atoms with Crippen molar-refractivity contribution in [3.63, 3.8) is 0 Å². The summed E-state index contributed by atoms with van der Waals surface area (Å²) in [4.78, 5) is 10.4. The average molecular weight is 230 g/mol. The van der Waals surface area contributed by atoms with Gasteiger partial charge < -0.3 is 5.73 Å². The Morgan fingerprint density at radius 2 is 2.00 bits per heavy atom. The summed E-state index contributed by atoms with van der Waals surface area (Å²) in [5.41, 5.74) is 5.08. The highest BCUT2D eigenvalue weighted by molar-refractivity contribution is 9.10. The Bertz CT molecular complexity index is 263. The van der Waals surface area contributed by atoms with Gasteiger partial charge in [-0.25, -0.2) is 4.57 Å². The Hall–Kier alpha value is -0.900. The molecule has 0 spiro atoms. The van der Waals surface area contributed by atoms with Crippen LogP contribution in [0.2, 0.25) is 0 Å². The molecular weight excluding hydrogens is 220 g/mol. The Morgan fingerprint density at radius 1 is 1.42 bits per heavy atom. The van der Waals surface area contributed by atoms with Crippen LogP contribution in [0.4, 0.5) is 0 Å². The fourth-order valence-corrected chi connectivity index (χ4v) is 1.17. The van der Waals surface area contributed by atoms with Crippen molar-refractivity contribution in [1.29, 1.82) is 0 Å². The Morgan fingerprint density at radius 3 is 2.50 bits per heavy atom. The van der Waals surface area contributed by atoms with Crippen molar-refractivity contribution >= 4 is 21.8 Å². The zero-order valence-corrected chi connectivity index (χ0v) is 8.07. The quantitative estimate of drug-likeness (QED) is 0.586. The predicted octanol–water partition coefficient (Wildman–Crippen LogP) is 0.223. The molecule has 12 heavy (non-hydrogen) atoms. The Kier molecular flexibility index (Phi) is 3.22. The van der Waals surface area contributed by atoms with E-state index in [1.54, 1.807) is 0 Å². The van der Waals surface area contributed by atoms with Gasteiger partial charge in [0.25, 0.3) is 0 Å². The van der Waals surface area contributed by atoms with Crippen LogP contribution in [0.3, 0.4) is 0 Å². The van der Waals surface area contributed by atoms with Gasteiger partial charge in [-0.15, -0.1) is 0 Å². The molecule has 0 aromatic carbocycles. The van der Waals surface area contributed by atoms with E-state index in [0.29, 0.717) is 6.54 Å². The number of hydrogen-bond donors (Lipinski definition) is 1. The first-order chi connectivity index (χ1) is 5.70. The van der Waals surface area contributed by atoms with Crippen molar-refractivity contribution in [2.75, 3.05) is 0 Å². The summed E-state index contributed by atoms with van der Waals surface area (Å²) in [6.45, 7) is 0.566. The van der Waals surface area contributed by atoms with Gasteiger partial charge in [0, 0.05) is 12.1 Å². The van der Waals surface area contributed by atoms with Gasteiger partial charge >= 0.3 is 0 Å². The normalized spacial score (nSPS) is 12.4. The first kappa shape index (κ1) is 9.19. The van der Waals surface area contributed by atoms with Gasteiger partial charge in [-0.05, 0) is 0 Å². The minimum Gasteiger partial charge on any atom is -0.368 e. The summed E-state index contributed by atoms with van der Waals surface area (Å²) < 4.78 is 1.89. The van der Waals surface area contributed by atoms with Crippen LogP contribution in [0.25, 0.3) is 0 Å². The number of halogens is 1. The summed E-state index contributed by atoms with van der Waals surface area (Å²) in [6.07, 6.45) is 3.77. The molecule has 0 saturated carbocycles. The monoisotopic (exact) mass is 229 g/mol. The second-order valence-electron chi connectivity index (χ2n) is 2.44. The fraction of sp³-hybridized carbons (Fsp3) is 0.250. The van der Waals surface area contributed by atoms with Crippen molar-refractivity contribution in [2.24, 2.45) is 5.73 Å². The molecule has 64 valence electrons. The van der Waals surface area contributed by atoms with Crippen LogP contribution in [0.15, 0.2) is 30.6 Å². The maximum atomic E-state index is 10.7. The van der Waals surface area contributed by atoms with Crippen LogP contribution in [0.5, 0.6) is 0 Å². The molecule has 1 unspecified atom stereocenters. The van der Waals surface area contributed by atoms with Crippen LogP contribution < -0.4 is 10.3 Å². The third-order valence-corrected chi connectivity index (χ3v) is 2.20. The molecular formula is C8H10BrN2O+. The number of primary amides is 1. The number of pyridine rings is 1. The molecule has 1 atom stereocenters. The van der Waals surface area contributed by atoms with E-state index in [9.17, 15) is 4.79 Å². The summed E-state index contributed by atoms with van der Waals surface area (Å²) >= 11 is 3.18. The molecule has 1 aromatic rings. The summed E-state index contributed by atoms with van der Waals surface area (Å²) in [6, 6.07) is 5.73. The van der Waals surface area contributed by atoms with Gasteiger partial charge in [-0.2, -0.15) is 0 Å². The van der Waals surface area contributed by atoms with Gasteiger partial charge in [-0.3, -0.25) is 4.79 Å². The standard InChI is InChI=1S/C8H9BrN2O/c9-7(8(10)12)6-11-4-2-1-3-5-11/h1-5,7H,6H2,(H-,10,12)/p+1. The Labute approximate surface area is 79.3 Å². The van der Waals surface area contributed by atoms with Crippen LogP contribution >= 0.6 is 15.9 Å². The van der Waals surface area contributed by atoms with Crippen molar-refractivity contribution in [3.8, 4) is 0 Å². The minimum atomic E-state index is -0.341. The first-order valence-corrected chi connectivity index (χ1v) is 4.49. The van der Waals surface area contributed by atoms with E-state index < -0.39 is 0 Å². The van der Waals surface area contributed by atoms with E-state index in [-0.39, 0.29) is 10.7 Å². The number of carbonyl (C=O) groups is 1. The second kappa shape index (κ2) is 4.21. The van der Waals surface area contributed by atoms with Crippen molar-refractivity contribution in [2.45, 2.75) is 11.4 Å². The number of alkyl halides is 1. The fourth-order valence-electron chi connectivity index (χ4n) is 0.831. The highest BCUT2D eigenvalue weighted by Crippen LogP contribution is 1.97. The number of aromatic nitrogens is 1. The van der Waals surface area contributed by atoms with E-state index in [2.05, 4.69) is 15.9 Å². The average Bonchev–Trinajstić information content (AvgIpc) is 2.06. The topological polar surface area (TPSA) is 47.0 Å². The maximum absolute atomic E-state index is 10.7. The lowest BCUT2D eigenvalue weighted by atomic mass is 10.4. The van der Waals surface area contributed by atoms with Crippen LogP contribution in [-0.2, 0) is 11.3 Å². The Balaban J connectivity index is 2.58. The highest BCUT2D eigenvalue weighted by Gasteiger charge is 2.15. The number of carbonyl (C=O) groups excluding carboxylic acids is 1. The lowest BCUT2D eigenvalue weighted by Crippen LogP contribution is -2.41. The van der Waals surface area contributed by atoms with Crippen LogP contribution in [-0.4, -0.2) is 10.7 Å². The third kappa shape index (κ3) is 2.62. The molecule has 1 rings (SSSR count). The number of nitrogens with zero attached hydrogens (tertiary/aromatic N) is 1. The van der Waals surface area contributed by atoms with E-state index in [1.807, 2.05) is 35.2 Å². The molecule has 1 amide bonds. The zero-order valence-electron chi connectivity index (χ0n) is 6.48. The molecule has 0 aliphatic carbocycles. The molecule has 1 aromatic heterocycles. The van der Waals surface area contributed by atoms with Crippen molar-refractivity contribution in [3.05, 3.63) is 30.6 Å². The largest absolute Gasteiger partial charge is 0.368 e. The van der Waals surface area contributed by atoms with E-state index >= 15 is 0 Å². The van der Waals surface area contributed by atoms with E-state index in [4.69, 9.17) is 5.73 Å². The molecule has 0 saturated heterocycles.